The van der Waals surface area contributed by atoms with Crippen molar-refractivity contribution in [1.29, 1.82) is 0 Å². The molecule has 0 atom stereocenters. The van der Waals surface area contributed by atoms with E-state index in [1.807, 2.05) is 0 Å². The second kappa shape index (κ2) is 9.89. The first-order valence-electron chi connectivity index (χ1n) is 8.94. The van der Waals surface area contributed by atoms with Crippen molar-refractivity contribution < 1.29 is 0 Å². The molecule has 0 saturated carbocycles. The fourth-order valence-corrected chi connectivity index (χ4v) is 2.67. The first-order valence-corrected chi connectivity index (χ1v) is 8.94. The van der Waals surface area contributed by atoms with E-state index in [1.54, 1.807) is 0 Å². The molecule has 0 radical (unpaired) electrons. The first kappa shape index (κ1) is 19.0. The Morgan fingerprint density at radius 2 is 1.50 bits per heavy atom. The van der Waals surface area contributed by atoms with Crippen molar-refractivity contribution in [2.45, 2.75) is 47.5 Å². The van der Waals surface area contributed by atoms with Gasteiger partial charge in [0, 0.05) is 25.3 Å². The van der Waals surface area contributed by atoms with Gasteiger partial charge in [-0.3, -0.25) is 0 Å². The molecule has 1 rings (SSSR count). The summed E-state index contributed by atoms with van der Waals surface area (Å²) in [4.78, 5) is 4.93. The summed E-state index contributed by atoms with van der Waals surface area (Å²) >= 11 is 0. The van der Waals surface area contributed by atoms with Crippen LogP contribution < -0.4 is 4.90 Å². The van der Waals surface area contributed by atoms with Gasteiger partial charge in [0.15, 0.2) is 0 Å². The summed E-state index contributed by atoms with van der Waals surface area (Å²) in [7, 11) is 2.24. The highest BCUT2D eigenvalue weighted by molar-refractivity contribution is 5.47. The Labute approximate surface area is 138 Å². The van der Waals surface area contributed by atoms with Gasteiger partial charge in [-0.25, -0.2) is 0 Å². The predicted octanol–water partition coefficient (Wildman–Crippen LogP) is 4.69. The normalized spacial score (nSPS) is 11.7. The molecule has 1 aromatic carbocycles. The van der Waals surface area contributed by atoms with E-state index in [0.717, 1.165) is 31.5 Å². The summed E-state index contributed by atoms with van der Waals surface area (Å²) in [6.45, 7) is 15.9. The zero-order valence-electron chi connectivity index (χ0n) is 15.6. The number of nitrogens with zero attached hydrogens (tertiary/aromatic N) is 2. The topological polar surface area (TPSA) is 6.48 Å². The van der Waals surface area contributed by atoms with Gasteiger partial charge in [-0.15, -0.1) is 0 Å². The molecule has 0 aliphatic heterocycles. The van der Waals surface area contributed by atoms with Gasteiger partial charge < -0.3 is 9.80 Å². The number of hydrogen-bond acceptors (Lipinski definition) is 2. The Kier molecular flexibility index (Phi) is 8.55. The van der Waals surface area contributed by atoms with E-state index in [0.29, 0.717) is 0 Å². The molecule has 2 heteroatoms. The van der Waals surface area contributed by atoms with E-state index in [2.05, 4.69) is 75.7 Å². The Bertz CT molecular complexity index is 395. The van der Waals surface area contributed by atoms with Crippen molar-refractivity contribution in [3.63, 3.8) is 0 Å². The number of likely N-dealkylation sites (N-methyl/N-ethyl adjacent to an activating group) is 2. The van der Waals surface area contributed by atoms with Crippen LogP contribution >= 0.6 is 0 Å². The molecule has 1 aromatic rings. The van der Waals surface area contributed by atoms with Gasteiger partial charge in [-0.1, -0.05) is 39.8 Å². The number of rotatable bonds is 10. The lowest BCUT2D eigenvalue weighted by Crippen LogP contribution is -2.34. The van der Waals surface area contributed by atoms with Crippen molar-refractivity contribution in [3.8, 4) is 0 Å². The second-order valence-electron chi connectivity index (χ2n) is 7.33. The first-order chi connectivity index (χ1) is 10.4. The summed E-state index contributed by atoms with van der Waals surface area (Å²) in [6, 6.07) is 9.16. The molecule has 2 nitrogen and oxygen atoms in total. The third-order valence-corrected chi connectivity index (χ3v) is 4.17. The summed E-state index contributed by atoms with van der Waals surface area (Å²) < 4.78 is 0. The van der Waals surface area contributed by atoms with Crippen LogP contribution in [0.2, 0.25) is 0 Å². The highest BCUT2D eigenvalue weighted by atomic mass is 15.2. The smallest absolute Gasteiger partial charge is 0.0366 e. The molecule has 0 aliphatic rings. The lowest BCUT2D eigenvalue weighted by Gasteiger charge is -2.27. The Hall–Kier alpha value is -1.02. The molecule has 0 spiro atoms. The minimum atomic E-state index is 0.725. The summed E-state index contributed by atoms with van der Waals surface area (Å²) in [5.74, 6) is 1.51. The highest BCUT2D eigenvalue weighted by Crippen LogP contribution is 2.17. The van der Waals surface area contributed by atoms with Gasteiger partial charge >= 0.3 is 0 Å². The van der Waals surface area contributed by atoms with E-state index < -0.39 is 0 Å². The number of benzene rings is 1. The van der Waals surface area contributed by atoms with E-state index in [9.17, 15) is 0 Å². The fraction of sp³-hybridized carbons (Fsp3) is 0.700. The van der Waals surface area contributed by atoms with Crippen molar-refractivity contribution in [2.75, 3.05) is 38.1 Å². The molecule has 0 aliphatic carbocycles. The Balaban J connectivity index is 2.49. The second-order valence-corrected chi connectivity index (χ2v) is 7.33. The van der Waals surface area contributed by atoms with Crippen LogP contribution in [0.15, 0.2) is 24.3 Å². The molecular weight excluding hydrogens is 268 g/mol. The van der Waals surface area contributed by atoms with Gasteiger partial charge in [-0.05, 0) is 62.9 Å². The molecule has 22 heavy (non-hydrogen) atoms. The van der Waals surface area contributed by atoms with Crippen LogP contribution in [0.1, 0.15) is 46.6 Å². The molecule has 0 N–H and O–H groups in total. The van der Waals surface area contributed by atoms with E-state index >= 15 is 0 Å². The van der Waals surface area contributed by atoms with Gasteiger partial charge in [0.25, 0.3) is 0 Å². The summed E-state index contributed by atoms with van der Waals surface area (Å²) in [5, 5.41) is 0. The average molecular weight is 305 g/mol. The van der Waals surface area contributed by atoms with Gasteiger partial charge in [0.2, 0.25) is 0 Å². The van der Waals surface area contributed by atoms with Crippen molar-refractivity contribution in [2.24, 2.45) is 11.8 Å². The third kappa shape index (κ3) is 7.31. The maximum Gasteiger partial charge on any atom is 0.0366 e. The zero-order valence-corrected chi connectivity index (χ0v) is 15.6. The molecule has 126 valence electrons. The van der Waals surface area contributed by atoms with Gasteiger partial charge in [0.05, 0.1) is 0 Å². The third-order valence-electron chi connectivity index (χ3n) is 4.17. The highest BCUT2D eigenvalue weighted by Gasteiger charge is 2.07. The van der Waals surface area contributed by atoms with E-state index in [-0.39, 0.29) is 0 Å². The maximum absolute atomic E-state index is 2.48. The maximum atomic E-state index is 2.48. The predicted molar refractivity (Wildman–Crippen MR) is 99.8 cm³/mol. The van der Waals surface area contributed by atoms with E-state index in [4.69, 9.17) is 0 Å². The number of anilines is 1. The quantitative estimate of drug-likeness (QED) is 0.619. The molecule has 0 unspecified atom stereocenters. The van der Waals surface area contributed by atoms with Crippen LogP contribution in [0.4, 0.5) is 5.69 Å². The lowest BCUT2D eigenvalue weighted by atomic mass is 10.0. The standard InChI is InChI=1S/C20H36N2/c1-7-22(15-14-21(6)13-12-17(2)3)20-10-8-19(9-11-20)16-18(4)5/h8-11,17-18H,7,12-16H2,1-6H3. The summed E-state index contributed by atoms with van der Waals surface area (Å²) in [6.07, 6.45) is 2.46. The SMILES string of the molecule is CCN(CCN(C)CCC(C)C)c1ccc(CC(C)C)cc1. The lowest BCUT2D eigenvalue weighted by molar-refractivity contribution is 0.315. The average Bonchev–Trinajstić information content (AvgIpc) is 2.46. The van der Waals surface area contributed by atoms with Crippen LogP contribution in [0.25, 0.3) is 0 Å². The molecule has 0 saturated heterocycles. The minimum absolute atomic E-state index is 0.725. The zero-order chi connectivity index (χ0) is 16.5. The monoisotopic (exact) mass is 304 g/mol. The Morgan fingerprint density at radius 1 is 0.864 bits per heavy atom. The van der Waals surface area contributed by atoms with Crippen molar-refractivity contribution in [3.05, 3.63) is 29.8 Å². The Morgan fingerprint density at radius 3 is 2.00 bits per heavy atom. The van der Waals surface area contributed by atoms with Crippen LogP contribution in [0.5, 0.6) is 0 Å². The molecule has 0 fully saturated rings. The molecular formula is C20H36N2. The van der Waals surface area contributed by atoms with Crippen LogP contribution in [0.3, 0.4) is 0 Å². The largest absolute Gasteiger partial charge is 0.371 e. The van der Waals surface area contributed by atoms with Crippen LogP contribution in [-0.2, 0) is 6.42 Å². The number of hydrogen-bond donors (Lipinski definition) is 0. The molecule has 0 aromatic heterocycles. The molecule has 0 heterocycles. The van der Waals surface area contributed by atoms with E-state index in [1.165, 1.54) is 30.6 Å². The van der Waals surface area contributed by atoms with Crippen LogP contribution in [0, 0.1) is 11.8 Å². The fourth-order valence-electron chi connectivity index (χ4n) is 2.67. The molecule has 0 amide bonds. The summed E-state index contributed by atoms with van der Waals surface area (Å²) in [5.41, 5.74) is 2.80. The van der Waals surface area contributed by atoms with Gasteiger partial charge in [0.1, 0.15) is 0 Å². The van der Waals surface area contributed by atoms with Crippen molar-refractivity contribution in [1.82, 2.24) is 4.90 Å². The van der Waals surface area contributed by atoms with Crippen molar-refractivity contribution >= 4 is 5.69 Å². The minimum Gasteiger partial charge on any atom is -0.371 e. The molecule has 0 bridgehead atoms. The van der Waals surface area contributed by atoms with Crippen LogP contribution in [-0.4, -0.2) is 38.1 Å². The van der Waals surface area contributed by atoms with Gasteiger partial charge in [-0.2, -0.15) is 0 Å².